The molecule has 1 aliphatic rings. The van der Waals surface area contributed by atoms with E-state index in [2.05, 4.69) is 4.74 Å². The third kappa shape index (κ3) is 1.86. The molecule has 5 heteroatoms. The predicted octanol–water partition coefficient (Wildman–Crippen LogP) is 0.155. The first-order valence-electron chi connectivity index (χ1n) is 3.93. The zero-order valence-electron chi connectivity index (χ0n) is 7.46. The van der Waals surface area contributed by atoms with Gasteiger partial charge in [0.25, 0.3) is 5.91 Å². The van der Waals surface area contributed by atoms with Gasteiger partial charge in [-0.25, -0.2) is 4.79 Å². The number of carbonyl (C=O) groups excluding carboxylic acids is 2. The molecule has 1 saturated heterocycles. The highest BCUT2D eigenvalue weighted by atomic mass is 16.6. The molecule has 0 radical (unpaired) electrons. The van der Waals surface area contributed by atoms with Gasteiger partial charge in [-0.15, -0.1) is 0 Å². The maximum atomic E-state index is 11.1. The van der Waals surface area contributed by atoms with Crippen LogP contribution in [0.15, 0.2) is 11.3 Å². The summed E-state index contributed by atoms with van der Waals surface area (Å²) in [6, 6.07) is 0. The van der Waals surface area contributed by atoms with Crippen molar-refractivity contribution < 1.29 is 19.4 Å². The Labute approximate surface area is 75.4 Å². The molecule has 1 aliphatic heterocycles. The molecule has 5 nitrogen and oxygen atoms in total. The molecule has 13 heavy (non-hydrogen) atoms. The quantitative estimate of drug-likeness (QED) is 0.600. The Morgan fingerprint density at radius 1 is 1.54 bits per heavy atom. The van der Waals surface area contributed by atoms with Crippen molar-refractivity contribution in [2.45, 2.75) is 13.8 Å². The van der Waals surface area contributed by atoms with E-state index in [1.165, 1.54) is 0 Å². The topological polar surface area (TPSA) is 75.6 Å². The number of imide groups is 1. The van der Waals surface area contributed by atoms with Crippen LogP contribution in [0.5, 0.6) is 0 Å². The molecule has 2 amide bonds. The van der Waals surface area contributed by atoms with Crippen LogP contribution >= 0.6 is 0 Å². The number of carbonyl (C=O) groups is 2. The van der Waals surface area contributed by atoms with Crippen molar-refractivity contribution >= 4 is 12.0 Å². The highest BCUT2D eigenvalue weighted by Gasteiger charge is 2.30. The number of alkyl carbamates (subject to hydrolysis) is 1. The fraction of sp³-hybridized carbons (Fsp3) is 0.500. The summed E-state index contributed by atoms with van der Waals surface area (Å²) in [5.41, 5.74) is 0.434. The van der Waals surface area contributed by atoms with E-state index in [-0.39, 0.29) is 18.3 Å². The highest BCUT2D eigenvalue weighted by Crippen LogP contribution is 2.18. The van der Waals surface area contributed by atoms with E-state index in [1.54, 1.807) is 13.8 Å². The third-order valence-corrected chi connectivity index (χ3v) is 1.78. The number of nitrogens with one attached hydrogen (secondary N) is 1. The van der Waals surface area contributed by atoms with Gasteiger partial charge in [-0.2, -0.15) is 0 Å². The van der Waals surface area contributed by atoms with Crippen LogP contribution in [0.25, 0.3) is 0 Å². The molecule has 0 aromatic rings. The molecule has 0 aliphatic carbocycles. The van der Waals surface area contributed by atoms with Crippen LogP contribution in [0.4, 0.5) is 4.79 Å². The molecule has 72 valence electrons. The van der Waals surface area contributed by atoms with E-state index in [1.807, 2.05) is 5.32 Å². The van der Waals surface area contributed by atoms with Gasteiger partial charge < -0.3 is 9.84 Å². The highest BCUT2D eigenvalue weighted by molar-refractivity contribution is 6.07. The lowest BCUT2D eigenvalue weighted by atomic mass is 10.0. The third-order valence-electron chi connectivity index (χ3n) is 1.78. The van der Waals surface area contributed by atoms with E-state index in [4.69, 9.17) is 5.11 Å². The summed E-state index contributed by atoms with van der Waals surface area (Å²) >= 11 is 0. The van der Waals surface area contributed by atoms with Gasteiger partial charge >= 0.3 is 6.09 Å². The van der Waals surface area contributed by atoms with Crippen molar-refractivity contribution in [1.82, 2.24) is 5.32 Å². The molecule has 0 bridgehead atoms. The smallest absolute Gasteiger partial charge is 0.404 e. The Balaban J connectivity index is 3.01. The number of rotatable bonds is 2. The normalized spacial score (nSPS) is 20.3. The summed E-state index contributed by atoms with van der Waals surface area (Å²) in [5, 5.41) is 10.9. The lowest BCUT2D eigenvalue weighted by Crippen LogP contribution is -2.19. The predicted molar refractivity (Wildman–Crippen MR) is 43.6 cm³/mol. The van der Waals surface area contributed by atoms with E-state index >= 15 is 0 Å². The molecule has 0 atom stereocenters. The van der Waals surface area contributed by atoms with Crippen molar-refractivity contribution in [3.8, 4) is 0 Å². The van der Waals surface area contributed by atoms with E-state index in [9.17, 15) is 9.59 Å². The first kappa shape index (κ1) is 9.73. The second kappa shape index (κ2) is 3.57. The molecule has 1 rings (SSSR count). The fourth-order valence-electron chi connectivity index (χ4n) is 1.04. The number of amides is 2. The minimum Gasteiger partial charge on any atom is -0.404 e. The molecule has 1 heterocycles. The van der Waals surface area contributed by atoms with E-state index in [0.29, 0.717) is 5.57 Å². The van der Waals surface area contributed by atoms with Crippen molar-refractivity contribution in [2.24, 2.45) is 5.92 Å². The monoisotopic (exact) mass is 185 g/mol. The van der Waals surface area contributed by atoms with E-state index < -0.39 is 12.0 Å². The summed E-state index contributed by atoms with van der Waals surface area (Å²) in [6.45, 7) is 3.32. The van der Waals surface area contributed by atoms with Crippen LogP contribution in [-0.4, -0.2) is 23.7 Å². The Morgan fingerprint density at radius 3 is 2.46 bits per heavy atom. The summed E-state index contributed by atoms with van der Waals surface area (Å²) in [4.78, 5) is 21.7. The van der Waals surface area contributed by atoms with Crippen LogP contribution in [0.2, 0.25) is 0 Å². The van der Waals surface area contributed by atoms with Crippen LogP contribution in [-0.2, 0) is 9.53 Å². The fourth-order valence-corrected chi connectivity index (χ4v) is 1.04. The number of ether oxygens (including phenoxy) is 1. The average molecular weight is 185 g/mol. The first-order chi connectivity index (χ1) is 6.06. The van der Waals surface area contributed by atoms with Gasteiger partial charge in [-0.1, -0.05) is 13.8 Å². The zero-order valence-corrected chi connectivity index (χ0v) is 7.46. The first-order valence-corrected chi connectivity index (χ1v) is 3.93. The summed E-state index contributed by atoms with van der Waals surface area (Å²) in [5.74, 6) is -0.679. The summed E-state index contributed by atoms with van der Waals surface area (Å²) in [6.07, 6.45) is -0.786. The molecule has 1 fully saturated rings. The van der Waals surface area contributed by atoms with Crippen molar-refractivity contribution in [2.75, 3.05) is 6.61 Å². The van der Waals surface area contributed by atoms with Crippen molar-refractivity contribution in [3.05, 3.63) is 11.3 Å². The Bertz CT molecular complexity index is 280. The van der Waals surface area contributed by atoms with Gasteiger partial charge in [0.1, 0.15) is 0 Å². The molecule has 0 unspecified atom stereocenters. The lowest BCUT2D eigenvalue weighted by Gasteiger charge is -2.08. The van der Waals surface area contributed by atoms with Crippen molar-refractivity contribution in [3.63, 3.8) is 0 Å². The van der Waals surface area contributed by atoms with Gasteiger partial charge in [-0.05, 0) is 5.92 Å². The maximum absolute atomic E-state index is 11.1. The van der Waals surface area contributed by atoms with Gasteiger partial charge in [0.15, 0.2) is 5.76 Å². The zero-order chi connectivity index (χ0) is 10.0. The molecular weight excluding hydrogens is 174 g/mol. The molecular formula is C8H11NO4. The largest absolute Gasteiger partial charge is 0.419 e. The average Bonchev–Trinajstić information content (AvgIpc) is 2.31. The van der Waals surface area contributed by atoms with Gasteiger partial charge in [0.05, 0.1) is 6.61 Å². The summed E-state index contributed by atoms with van der Waals surface area (Å²) in [7, 11) is 0. The maximum Gasteiger partial charge on any atom is 0.419 e. The van der Waals surface area contributed by atoms with Gasteiger partial charge in [-0.3, -0.25) is 10.1 Å². The molecule has 0 aromatic carbocycles. The van der Waals surface area contributed by atoms with Gasteiger partial charge in [0.2, 0.25) is 0 Å². The van der Waals surface area contributed by atoms with Crippen LogP contribution in [0.3, 0.4) is 0 Å². The summed E-state index contributed by atoms with van der Waals surface area (Å²) < 4.78 is 4.61. The van der Waals surface area contributed by atoms with Crippen LogP contribution < -0.4 is 5.32 Å². The second-order valence-electron chi connectivity index (χ2n) is 3.01. The Morgan fingerprint density at radius 2 is 2.15 bits per heavy atom. The number of hydrogen-bond donors (Lipinski definition) is 2. The number of aliphatic hydroxyl groups excluding tert-OH is 1. The molecule has 2 N–H and O–H groups in total. The molecule has 0 spiro atoms. The van der Waals surface area contributed by atoms with Crippen molar-refractivity contribution in [1.29, 1.82) is 0 Å². The number of hydrogen-bond acceptors (Lipinski definition) is 4. The number of aliphatic hydroxyl groups is 1. The molecule has 0 saturated carbocycles. The Kier molecular flexibility index (Phi) is 2.67. The van der Waals surface area contributed by atoms with E-state index in [0.717, 1.165) is 0 Å². The standard InChI is InChI=1S/C8H11NO4/c1-4(2)5(3-10)6-7(11)9-8(12)13-6/h4,10H,3H2,1-2H3,(H,9,11,12)/b6-5+. The minimum absolute atomic E-state index is 0.0309. The minimum atomic E-state index is -0.786. The Hall–Kier alpha value is -1.36. The van der Waals surface area contributed by atoms with Crippen LogP contribution in [0.1, 0.15) is 13.8 Å². The van der Waals surface area contributed by atoms with Gasteiger partial charge in [0, 0.05) is 5.57 Å². The van der Waals surface area contributed by atoms with Crippen LogP contribution in [0, 0.1) is 5.92 Å². The molecule has 0 aromatic heterocycles. The second-order valence-corrected chi connectivity index (χ2v) is 3.01. The number of cyclic esters (lactones) is 1. The lowest BCUT2D eigenvalue weighted by molar-refractivity contribution is -0.116. The SMILES string of the molecule is CC(C)/C(CO)=C1/OC(=O)NC1=O.